The number of aromatic nitrogens is 4. The molecule has 1 saturated heterocycles. The summed E-state index contributed by atoms with van der Waals surface area (Å²) < 4.78 is 7.68. The third-order valence-electron chi connectivity index (χ3n) is 3.79. The van der Waals surface area contributed by atoms with E-state index in [2.05, 4.69) is 30.1 Å². The summed E-state index contributed by atoms with van der Waals surface area (Å²) in [6.07, 6.45) is 2.04. The van der Waals surface area contributed by atoms with E-state index < -0.39 is 0 Å². The van der Waals surface area contributed by atoms with E-state index in [1.165, 1.54) is 0 Å². The molecule has 21 heavy (non-hydrogen) atoms. The fourth-order valence-electron chi connectivity index (χ4n) is 2.80. The minimum atomic E-state index is -0.0640. The van der Waals surface area contributed by atoms with Gasteiger partial charge < -0.3 is 4.74 Å². The summed E-state index contributed by atoms with van der Waals surface area (Å²) in [4.78, 5) is 1.98. The Hall–Kier alpha value is -1.31. The van der Waals surface area contributed by atoms with Gasteiger partial charge in [0.1, 0.15) is 5.01 Å². The molecule has 0 aromatic carbocycles. The summed E-state index contributed by atoms with van der Waals surface area (Å²) in [5, 5.41) is 16.5. The van der Waals surface area contributed by atoms with Crippen molar-refractivity contribution in [3.8, 4) is 10.7 Å². The molecule has 1 atom stereocenters. The molecule has 3 aromatic rings. The summed E-state index contributed by atoms with van der Waals surface area (Å²) in [5.41, 5.74) is -0.0640. The standard InChI is InChI=1S/C14H16N4OS2/c1-14(2)8-9(5-6-19-14)12-17-18-11(10-4-3-7-20-10)15-16-13(18)21-12/h3-4,7,9H,5-6,8H2,1-2H3. The normalized spacial score (nSPS) is 21.9. The predicted octanol–water partition coefficient (Wildman–Crippen LogP) is 3.59. The lowest BCUT2D eigenvalue weighted by Gasteiger charge is -2.34. The van der Waals surface area contributed by atoms with Crippen molar-refractivity contribution in [2.45, 2.75) is 38.2 Å². The van der Waals surface area contributed by atoms with Crippen LogP contribution in [-0.2, 0) is 4.74 Å². The maximum atomic E-state index is 5.80. The molecule has 1 aliphatic heterocycles. The molecule has 4 rings (SSSR count). The van der Waals surface area contributed by atoms with Gasteiger partial charge in [-0.25, -0.2) is 0 Å². The molecule has 0 aliphatic carbocycles. The van der Waals surface area contributed by atoms with Crippen LogP contribution in [0.2, 0.25) is 0 Å². The number of fused-ring (bicyclic) bond motifs is 1. The Bertz CT molecular complexity index is 759. The SMILES string of the molecule is CC1(C)CC(c2nn3c(-c4cccs4)nnc3s2)CCO1. The van der Waals surface area contributed by atoms with Gasteiger partial charge in [0, 0.05) is 12.5 Å². The van der Waals surface area contributed by atoms with Crippen LogP contribution in [0.3, 0.4) is 0 Å². The molecular weight excluding hydrogens is 304 g/mol. The van der Waals surface area contributed by atoms with Crippen LogP contribution in [0.1, 0.15) is 37.6 Å². The Balaban J connectivity index is 1.71. The number of nitrogens with zero attached hydrogens (tertiary/aromatic N) is 4. The molecule has 1 aliphatic rings. The molecule has 7 heteroatoms. The highest BCUT2D eigenvalue weighted by atomic mass is 32.1. The molecule has 110 valence electrons. The number of rotatable bonds is 2. The first-order chi connectivity index (χ1) is 10.1. The average molecular weight is 320 g/mol. The van der Waals surface area contributed by atoms with E-state index in [0.717, 1.165) is 40.1 Å². The number of thiophene rings is 1. The van der Waals surface area contributed by atoms with Crippen molar-refractivity contribution in [1.82, 2.24) is 19.8 Å². The van der Waals surface area contributed by atoms with E-state index in [-0.39, 0.29) is 5.60 Å². The highest BCUT2D eigenvalue weighted by Gasteiger charge is 2.32. The molecule has 5 nitrogen and oxygen atoms in total. The molecule has 0 N–H and O–H groups in total. The van der Waals surface area contributed by atoms with E-state index in [4.69, 9.17) is 9.84 Å². The van der Waals surface area contributed by atoms with Crippen molar-refractivity contribution in [2.75, 3.05) is 6.61 Å². The quantitative estimate of drug-likeness (QED) is 0.724. The van der Waals surface area contributed by atoms with Gasteiger partial charge in [0.05, 0.1) is 10.5 Å². The van der Waals surface area contributed by atoms with E-state index in [0.29, 0.717) is 5.92 Å². The number of hydrogen-bond donors (Lipinski definition) is 0. The zero-order valence-electron chi connectivity index (χ0n) is 11.9. The summed E-state index contributed by atoms with van der Waals surface area (Å²) in [7, 11) is 0. The molecule has 0 radical (unpaired) electrons. The second-order valence-electron chi connectivity index (χ2n) is 5.93. The second kappa shape index (κ2) is 4.86. The van der Waals surface area contributed by atoms with Gasteiger partial charge in [0.25, 0.3) is 0 Å². The number of hydrogen-bond acceptors (Lipinski definition) is 6. The van der Waals surface area contributed by atoms with E-state index >= 15 is 0 Å². The van der Waals surface area contributed by atoms with Crippen LogP contribution >= 0.6 is 22.7 Å². The minimum Gasteiger partial charge on any atom is -0.376 e. The van der Waals surface area contributed by atoms with Crippen molar-refractivity contribution in [1.29, 1.82) is 0 Å². The second-order valence-corrected chi connectivity index (χ2v) is 7.87. The van der Waals surface area contributed by atoms with Gasteiger partial charge in [0.15, 0.2) is 5.82 Å². The summed E-state index contributed by atoms with van der Waals surface area (Å²) >= 11 is 3.31. The first kappa shape index (κ1) is 13.4. The van der Waals surface area contributed by atoms with Crippen LogP contribution < -0.4 is 0 Å². The summed E-state index contributed by atoms with van der Waals surface area (Å²) in [6, 6.07) is 4.08. The lowest BCUT2D eigenvalue weighted by atomic mass is 9.89. The van der Waals surface area contributed by atoms with Crippen LogP contribution in [0.5, 0.6) is 0 Å². The highest BCUT2D eigenvalue weighted by Crippen LogP contribution is 2.37. The first-order valence-electron chi connectivity index (χ1n) is 7.02. The Morgan fingerprint density at radius 1 is 1.38 bits per heavy atom. The van der Waals surface area contributed by atoms with Crippen LogP contribution in [0.15, 0.2) is 17.5 Å². The van der Waals surface area contributed by atoms with Crippen LogP contribution in [0, 0.1) is 0 Å². The lowest BCUT2D eigenvalue weighted by Crippen LogP contribution is -2.33. The highest BCUT2D eigenvalue weighted by molar-refractivity contribution is 7.16. The van der Waals surface area contributed by atoms with Crippen molar-refractivity contribution < 1.29 is 4.74 Å². The lowest BCUT2D eigenvalue weighted by molar-refractivity contribution is -0.0593. The first-order valence-corrected chi connectivity index (χ1v) is 8.72. The third-order valence-corrected chi connectivity index (χ3v) is 5.72. The van der Waals surface area contributed by atoms with Gasteiger partial charge in [-0.15, -0.1) is 21.5 Å². The maximum absolute atomic E-state index is 5.80. The summed E-state index contributed by atoms with van der Waals surface area (Å²) in [5.74, 6) is 1.30. The molecule has 1 unspecified atom stereocenters. The van der Waals surface area contributed by atoms with Gasteiger partial charge in [-0.05, 0) is 38.1 Å². The largest absolute Gasteiger partial charge is 0.376 e. The van der Waals surface area contributed by atoms with Gasteiger partial charge in [-0.2, -0.15) is 9.61 Å². The van der Waals surface area contributed by atoms with Crippen molar-refractivity contribution in [3.05, 3.63) is 22.5 Å². The van der Waals surface area contributed by atoms with Crippen molar-refractivity contribution in [2.24, 2.45) is 0 Å². The molecule has 0 bridgehead atoms. The molecule has 1 fully saturated rings. The molecule has 0 amide bonds. The van der Waals surface area contributed by atoms with Crippen LogP contribution in [0.25, 0.3) is 15.7 Å². The maximum Gasteiger partial charge on any atom is 0.235 e. The van der Waals surface area contributed by atoms with E-state index in [9.17, 15) is 0 Å². The zero-order valence-corrected chi connectivity index (χ0v) is 13.6. The topological polar surface area (TPSA) is 52.3 Å². The Labute approximate surface area is 130 Å². The zero-order chi connectivity index (χ0) is 14.4. The molecule has 3 aromatic heterocycles. The van der Waals surface area contributed by atoms with Gasteiger partial charge in [0.2, 0.25) is 4.96 Å². The van der Waals surface area contributed by atoms with Crippen molar-refractivity contribution in [3.63, 3.8) is 0 Å². The van der Waals surface area contributed by atoms with E-state index in [1.54, 1.807) is 22.7 Å². The van der Waals surface area contributed by atoms with Gasteiger partial charge in [-0.1, -0.05) is 17.4 Å². The Morgan fingerprint density at radius 3 is 3.05 bits per heavy atom. The van der Waals surface area contributed by atoms with Crippen LogP contribution in [0.4, 0.5) is 0 Å². The fourth-order valence-corrected chi connectivity index (χ4v) is 4.47. The average Bonchev–Trinajstić information content (AvgIpc) is 3.13. The Kier molecular flexibility index (Phi) is 3.09. The smallest absolute Gasteiger partial charge is 0.235 e. The Morgan fingerprint density at radius 2 is 2.29 bits per heavy atom. The molecule has 0 spiro atoms. The molecular formula is C14H16N4OS2. The third kappa shape index (κ3) is 2.39. The van der Waals surface area contributed by atoms with E-state index in [1.807, 2.05) is 16.0 Å². The predicted molar refractivity (Wildman–Crippen MR) is 84.0 cm³/mol. The summed E-state index contributed by atoms with van der Waals surface area (Å²) in [6.45, 7) is 5.10. The molecule has 4 heterocycles. The van der Waals surface area contributed by atoms with Crippen LogP contribution in [-0.4, -0.2) is 32.0 Å². The number of ether oxygens (including phenoxy) is 1. The monoisotopic (exact) mass is 320 g/mol. The van der Waals surface area contributed by atoms with Gasteiger partial charge in [-0.3, -0.25) is 0 Å². The molecule has 0 saturated carbocycles. The minimum absolute atomic E-state index is 0.0640. The fraction of sp³-hybridized carbons (Fsp3) is 0.500. The van der Waals surface area contributed by atoms with Crippen molar-refractivity contribution >= 4 is 27.6 Å². The van der Waals surface area contributed by atoms with Gasteiger partial charge >= 0.3 is 0 Å².